The second-order valence-electron chi connectivity index (χ2n) is 4.96. The Morgan fingerprint density at radius 3 is 2.70 bits per heavy atom. The van der Waals surface area contributed by atoms with Gasteiger partial charge in [0.25, 0.3) is 0 Å². The van der Waals surface area contributed by atoms with Crippen LogP contribution in [0.15, 0.2) is 54.7 Å². The lowest BCUT2D eigenvalue weighted by Crippen LogP contribution is -2.14. The number of halogens is 1. The molecular formula is C17H15FN2. The van der Waals surface area contributed by atoms with Crippen molar-refractivity contribution in [1.82, 2.24) is 4.98 Å². The Kier molecular flexibility index (Phi) is 3.20. The average molecular weight is 266 g/mol. The fourth-order valence-electron chi connectivity index (χ4n) is 2.49. The number of nitrogens with zero attached hydrogens (tertiary/aromatic N) is 1. The normalized spacial score (nSPS) is 12.6. The maximum atomic E-state index is 13.5. The smallest absolute Gasteiger partial charge is 0.123 e. The molecule has 0 aliphatic rings. The Balaban J connectivity index is 2.15. The Morgan fingerprint density at radius 2 is 1.90 bits per heavy atom. The van der Waals surface area contributed by atoms with Crippen LogP contribution in [-0.4, -0.2) is 4.98 Å². The molecule has 0 saturated heterocycles. The van der Waals surface area contributed by atoms with Crippen LogP contribution in [0.2, 0.25) is 0 Å². The standard InChI is InChI=1S/C17H15FN2/c1-11-8-13(10-14(18)9-11)16(19)17-15-5-3-2-4-12(15)6-7-20-17/h2-10,16H,19H2,1H3. The van der Waals surface area contributed by atoms with Crippen molar-refractivity contribution in [2.24, 2.45) is 5.73 Å². The maximum absolute atomic E-state index is 13.5. The van der Waals surface area contributed by atoms with Crippen molar-refractivity contribution in [1.29, 1.82) is 0 Å². The third-order valence-corrected chi connectivity index (χ3v) is 3.42. The van der Waals surface area contributed by atoms with Crippen LogP contribution in [0.3, 0.4) is 0 Å². The van der Waals surface area contributed by atoms with Gasteiger partial charge < -0.3 is 5.73 Å². The Bertz CT molecular complexity index is 742. The number of fused-ring (bicyclic) bond motifs is 1. The van der Waals surface area contributed by atoms with E-state index in [0.29, 0.717) is 0 Å². The van der Waals surface area contributed by atoms with Crippen LogP contribution < -0.4 is 5.73 Å². The van der Waals surface area contributed by atoms with Crippen molar-refractivity contribution in [3.63, 3.8) is 0 Å². The van der Waals surface area contributed by atoms with Gasteiger partial charge in [-0.1, -0.05) is 30.3 Å². The second kappa shape index (κ2) is 5.02. The van der Waals surface area contributed by atoms with Crippen molar-refractivity contribution in [3.8, 4) is 0 Å². The highest BCUT2D eigenvalue weighted by atomic mass is 19.1. The quantitative estimate of drug-likeness (QED) is 0.767. The number of rotatable bonds is 2. The molecule has 0 radical (unpaired) electrons. The highest BCUT2D eigenvalue weighted by Gasteiger charge is 2.14. The summed E-state index contributed by atoms with van der Waals surface area (Å²) < 4.78 is 13.5. The summed E-state index contributed by atoms with van der Waals surface area (Å²) in [7, 11) is 0. The topological polar surface area (TPSA) is 38.9 Å². The van der Waals surface area contributed by atoms with Gasteiger partial charge in [0.1, 0.15) is 5.82 Å². The SMILES string of the molecule is Cc1cc(F)cc(C(N)c2nccc3ccccc23)c1. The van der Waals surface area contributed by atoms with Gasteiger partial charge in [-0.3, -0.25) is 4.98 Å². The minimum absolute atomic E-state index is 0.268. The molecule has 0 saturated carbocycles. The first-order valence-electron chi connectivity index (χ1n) is 6.51. The predicted octanol–water partition coefficient (Wildman–Crippen LogP) is 3.73. The summed E-state index contributed by atoms with van der Waals surface area (Å²) in [4.78, 5) is 4.40. The van der Waals surface area contributed by atoms with Gasteiger partial charge in [-0.2, -0.15) is 0 Å². The summed E-state index contributed by atoms with van der Waals surface area (Å²) in [6.07, 6.45) is 1.74. The fourth-order valence-corrected chi connectivity index (χ4v) is 2.49. The summed E-state index contributed by atoms with van der Waals surface area (Å²) in [5, 5.41) is 2.09. The molecule has 1 unspecified atom stereocenters. The molecule has 0 aliphatic carbocycles. The van der Waals surface area contributed by atoms with Crippen LogP contribution in [0.5, 0.6) is 0 Å². The first-order chi connectivity index (χ1) is 9.65. The van der Waals surface area contributed by atoms with Crippen LogP contribution >= 0.6 is 0 Å². The molecule has 0 fully saturated rings. The minimum atomic E-state index is -0.435. The molecule has 0 bridgehead atoms. The molecule has 20 heavy (non-hydrogen) atoms. The van der Waals surface area contributed by atoms with Crippen molar-refractivity contribution in [2.45, 2.75) is 13.0 Å². The van der Waals surface area contributed by atoms with E-state index < -0.39 is 6.04 Å². The molecule has 0 spiro atoms. The molecule has 1 aromatic heterocycles. The largest absolute Gasteiger partial charge is 0.319 e. The van der Waals surface area contributed by atoms with Crippen LogP contribution in [0.1, 0.15) is 22.9 Å². The maximum Gasteiger partial charge on any atom is 0.123 e. The molecule has 2 N–H and O–H groups in total. The molecule has 2 nitrogen and oxygen atoms in total. The molecule has 1 atom stereocenters. The number of pyridine rings is 1. The lowest BCUT2D eigenvalue weighted by molar-refractivity contribution is 0.622. The summed E-state index contributed by atoms with van der Waals surface area (Å²) in [6.45, 7) is 1.86. The molecule has 0 amide bonds. The lowest BCUT2D eigenvalue weighted by Gasteiger charge is -2.15. The molecule has 1 heterocycles. The number of hydrogen-bond acceptors (Lipinski definition) is 2. The molecular weight excluding hydrogens is 251 g/mol. The van der Waals surface area contributed by atoms with Gasteiger partial charge in [-0.15, -0.1) is 0 Å². The van der Waals surface area contributed by atoms with Crippen molar-refractivity contribution < 1.29 is 4.39 Å². The molecule has 3 aromatic rings. The zero-order valence-corrected chi connectivity index (χ0v) is 11.2. The van der Waals surface area contributed by atoms with E-state index in [9.17, 15) is 4.39 Å². The summed E-state index contributed by atoms with van der Waals surface area (Å²) in [5.41, 5.74) is 8.66. The van der Waals surface area contributed by atoms with Gasteiger partial charge >= 0.3 is 0 Å². The van der Waals surface area contributed by atoms with Gasteiger partial charge in [0.2, 0.25) is 0 Å². The zero-order chi connectivity index (χ0) is 14.1. The second-order valence-corrected chi connectivity index (χ2v) is 4.96. The molecule has 3 rings (SSSR count). The molecule has 0 aliphatic heterocycles. The average Bonchev–Trinajstić information content (AvgIpc) is 2.45. The van der Waals surface area contributed by atoms with Gasteiger partial charge in [-0.25, -0.2) is 4.39 Å². The van der Waals surface area contributed by atoms with E-state index in [1.807, 2.05) is 43.3 Å². The van der Waals surface area contributed by atoms with E-state index in [0.717, 1.165) is 27.6 Å². The first kappa shape index (κ1) is 12.8. The third kappa shape index (κ3) is 2.28. The predicted molar refractivity (Wildman–Crippen MR) is 78.9 cm³/mol. The third-order valence-electron chi connectivity index (χ3n) is 3.42. The van der Waals surface area contributed by atoms with Gasteiger partial charge in [-0.05, 0) is 41.6 Å². The van der Waals surface area contributed by atoms with Crippen LogP contribution in [-0.2, 0) is 0 Å². The van der Waals surface area contributed by atoms with Gasteiger partial charge in [0.15, 0.2) is 0 Å². The number of aromatic nitrogens is 1. The monoisotopic (exact) mass is 266 g/mol. The van der Waals surface area contributed by atoms with E-state index >= 15 is 0 Å². The van der Waals surface area contributed by atoms with Crippen molar-refractivity contribution in [3.05, 3.63) is 77.4 Å². The molecule has 2 aromatic carbocycles. The van der Waals surface area contributed by atoms with Crippen LogP contribution in [0.25, 0.3) is 10.8 Å². The minimum Gasteiger partial charge on any atom is -0.319 e. The Hall–Kier alpha value is -2.26. The van der Waals surface area contributed by atoms with E-state index in [2.05, 4.69) is 4.98 Å². The summed E-state index contributed by atoms with van der Waals surface area (Å²) >= 11 is 0. The van der Waals surface area contributed by atoms with Crippen molar-refractivity contribution in [2.75, 3.05) is 0 Å². The van der Waals surface area contributed by atoms with Gasteiger partial charge in [0, 0.05) is 11.6 Å². The summed E-state index contributed by atoms with van der Waals surface area (Å²) in [5.74, 6) is -0.268. The van der Waals surface area contributed by atoms with Crippen LogP contribution in [0.4, 0.5) is 4.39 Å². The number of aryl methyl sites for hydroxylation is 1. The summed E-state index contributed by atoms with van der Waals surface area (Å²) in [6, 6.07) is 14.3. The highest BCUT2D eigenvalue weighted by Crippen LogP contribution is 2.26. The highest BCUT2D eigenvalue weighted by molar-refractivity contribution is 5.85. The zero-order valence-electron chi connectivity index (χ0n) is 11.2. The number of hydrogen-bond donors (Lipinski definition) is 1. The molecule has 100 valence electrons. The van der Waals surface area contributed by atoms with E-state index in [1.54, 1.807) is 6.20 Å². The first-order valence-corrected chi connectivity index (χ1v) is 6.51. The lowest BCUT2D eigenvalue weighted by atomic mass is 9.98. The number of nitrogens with two attached hydrogens (primary N) is 1. The number of benzene rings is 2. The van der Waals surface area contributed by atoms with E-state index in [-0.39, 0.29) is 5.82 Å². The van der Waals surface area contributed by atoms with Crippen molar-refractivity contribution >= 4 is 10.8 Å². The molecule has 3 heteroatoms. The Labute approximate surface area is 117 Å². The Morgan fingerprint density at radius 1 is 1.10 bits per heavy atom. The fraction of sp³-hybridized carbons (Fsp3) is 0.118. The van der Waals surface area contributed by atoms with Crippen LogP contribution in [0, 0.1) is 12.7 Å². The van der Waals surface area contributed by atoms with E-state index in [1.165, 1.54) is 12.1 Å². The van der Waals surface area contributed by atoms with Gasteiger partial charge in [0.05, 0.1) is 11.7 Å². The van der Waals surface area contributed by atoms with E-state index in [4.69, 9.17) is 5.73 Å².